The summed E-state index contributed by atoms with van der Waals surface area (Å²) in [4.78, 5) is 36.1. The van der Waals surface area contributed by atoms with Crippen molar-refractivity contribution in [1.29, 1.82) is 0 Å². The van der Waals surface area contributed by atoms with Gasteiger partial charge in [0.25, 0.3) is 0 Å². The van der Waals surface area contributed by atoms with Gasteiger partial charge in [-0.25, -0.2) is 28.3 Å². The zero-order valence-corrected chi connectivity index (χ0v) is 21.9. The molecule has 0 aliphatic carbocycles. The number of aromatic nitrogens is 3. The molecule has 3 amide bonds. The molecule has 0 saturated carbocycles. The Hall–Kier alpha value is -4.06. The number of nitrogens with zero attached hydrogens (tertiary/aromatic N) is 4. The molecule has 3 aliphatic heterocycles. The number of hydrogen-bond donors (Lipinski definition) is 3. The number of pyridine rings is 1. The standard InChI is InChI=1S/C28H30F2N6O4/c1-16(37)22-14-32-25-21(8-7-17(15-36(22)25)18-4-2-6-20(29)23(18)30)33-26(38)35-12-9-28(10-13-35)19-5-3-11-31-24(19)34-27(39)40-28/h2-6,11,14,16-17,21,37H,7-10,12-13,15H2,1H3,(H,33,38)(H,31,34,39)/t16?,17-,21-/m1/s1. The lowest BCUT2D eigenvalue weighted by molar-refractivity contribution is -0.0308. The van der Waals surface area contributed by atoms with E-state index in [0.29, 0.717) is 62.7 Å². The van der Waals surface area contributed by atoms with Crippen LogP contribution in [-0.2, 0) is 16.9 Å². The maximum atomic E-state index is 14.7. The first-order valence-corrected chi connectivity index (χ1v) is 13.4. The summed E-state index contributed by atoms with van der Waals surface area (Å²) in [5.74, 6) is -1.13. The molecule has 1 fully saturated rings. The zero-order chi connectivity index (χ0) is 28.0. The highest BCUT2D eigenvalue weighted by Crippen LogP contribution is 2.43. The normalized spacial score (nSPS) is 22.4. The largest absolute Gasteiger partial charge is 0.437 e. The van der Waals surface area contributed by atoms with E-state index in [9.17, 15) is 23.5 Å². The van der Waals surface area contributed by atoms with Crippen LogP contribution >= 0.6 is 0 Å². The first-order valence-electron chi connectivity index (χ1n) is 13.4. The Morgan fingerprint density at radius 3 is 2.77 bits per heavy atom. The van der Waals surface area contributed by atoms with Gasteiger partial charge in [0, 0.05) is 50.2 Å². The second-order valence-corrected chi connectivity index (χ2v) is 10.6. The van der Waals surface area contributed by atoms with Crippen LogP contribution in [0, 0.1) is 11.6 Å². The summed E-state index contributed by atoms with van der Waals surface area (Å²) in [7, 11) is 0. The van der Waals surface area contributed by atoms with Crippen LogP contribution < -0.4 is 10.6 Å². The number of benzene rings is 1. The molecule has 210 valence electrons. The molecule has 5 heterocycles. The molecule has 0 bridgehead atoms. The molecular weight excluding hydrogens is 522 g/mol. The minimum Gasteiger partial charge on any atom is -0.437 e. The molecule has 1 saturated heterocycles. The lowest BCUT2D eigenvalue weighted by atomic mass is 9.83. The van der Waals surface area contributed by atoms with Crippen molar-refractivity contribution < 1.29 is 28.2 Å². The molecule has 10 nitrogen and oxygen atoms in total. The summed E-state index contributed by atoms with van der Waals surface area (Å²) in [6, 6.07) is 7.02. The van der Waals surface area contributed by atoms with Crippen molar-refractivity contribution in [2.24, 2.45) is 0 Å². The number of halogens is 2. The zero-order valence-electron chi connectivity index (χ0n) is 21.9. The van der Waals surface area contributed by atoms with Gasteiger partial charge in [0.15, 0.2) is 11.6 Å². The van der Waals surface area contributed by atoms with Crippen LogP contribution in [0.25, 0.3) is 0 Å². The highest BCUT2D eigenvalue weighted by Gasteiger charge is 2.46. The van der Waals surface area contributed by atoms with Crippen molar-refractivity contribution >= 4 is 17.9 Å². The molecule has 3 aromatic rings. The number of anilines is 1. The van der Waals surface area contributed by atoms with Crippen LogP contribution in [-0.4, -0.2) is 49.8 Å². The summed E-state index contributed by atoms with van der Waals surface area (Å²) in [5.41, 5.74) is 0.741. The van der Waals surface area contributed by atoms with Crippen LogP contribution in [0.1, 0.15) is 73.3 Å². The fraction of sp³-hybridized carbons (Fsp3) is 0.429. The predicted molar refractivity (Wildman–Crippen MR) is 139 cm³/mol. The number of aliphatic hydroxyl groups excluding tert-OH is 1. The number of carbonyl (C=O) groups is 2. The van der Waals surface area contributed by atoms with E-state index in [1.165, 1.54) is 6.07 Å². The van der Waals surface area contributed by atoms with Gasteiger partial charge in [-0.05, 0) is 43.5 Å². The first-order chi connectivity index (χ1) is 19.3. The van der Waals surface area contributed by atoms with E-state index in [0.717, 1.165) is 11.6 Å². The topological polar surface area (TPSA) is 122 Å². The summed E-state index contributed by atoms with van der Waals surface area (Å²) in [5, 5.41) is 16.1. The molecule has 1 spiro atoms. The van der Waals surface area contributed by atoms with E-state index in [1.807, 2.05) is 6.07 Å². The van der Waals surface area contributed by atoms with Crippen LogP contribution in [0.2, 0.25) is 0 Å². The number of likely N-dealkylation sites (tertiary alicyclic amines) is 1. The molecule has 3 N–H and O–H groups in total. The number of amides is 3. The molecule has 12 heteroatoms. The van der Waals surface area contributed by atoms with Gasteiger partial charge in [0.2, 0.25) is 0 Å². The number of carbonyl (C=O) groups excluding carboxylic acids is 2. The number of aliphatic hydroxyl groups is 1. The molecule has 0 radical (unpaired) electrons. The van der Waals surface area contributed by atoms with E-state index in [2.05, 4.69) is 20.6 Å². The lowest BCUT2D eigenvalue weighted by Gasteiger charge is -2.43. The van der Waals surface area contributed by atoms with Gasteiger partial charge in [-0.15, -0.1) is 0 Å². The highest BCUT2D eigenvalue weighted by molar-refractivity contribution is 5.87. The number of fused-ring (bicyclic) bond motifs is 3. The second kappa shape index (κ2) is 10.2. The predicted octanol–water partition coefficient (Wildman–Crippen LogP) is 4.49. The molecule has 3 atom stereocenters. The molecular formula is C28H30F2N6O4. The van der Waals surface area contributed by atoms with Crippen molar-refractivity contribution in [2.45, 2.75) is 62.8 Å². The molecule has 6 rings (SSSR count). The van der Waals surface area contributed by atoms with Crippen LogP contribution in [0.3, 0.4) is 0 Å². The molecule has 1 unspecified atom stereocenters. The minimum atomic E-state index is -0.908. The molecule has 1 aromatic carbocycles. The number of urea groups is 1. The molecule has 40 heavy (non-hydrogen) atoms. The first kappa shape index (κ1) is 26.2. The number of nitrogens with one attached hydrogen (secondary N) is 2. The van der Waals surface area contributed by atoms with Crippen LogP contribution in [0.5, 0.6) is 0 Å². The monoisotopic (exact) mass is 552 g/mol. The van der Waals surface area contributed by atoms with Gasteiger partial charge in [-0.3, -0.25) is 5.32 Å². The Morgan fingerprint density at radius 2 is 2.00 bits per heavy atom. The summed E-state index contributed by atoms with van der Waals surface area (Å²) >= 11 is 0. The maximum absolute atomic E-state index is 14.7. The van der Waals surface area contributed by atoms with E-state index in [-0.39, 0.29) is 17.5 Å². The lowest BCUT2D eigenvalue weighted by Crippen LogP contribution is -2.52. The third-order valence-electron chi connectivity index (χ3n) is 8.25. The molecule has 3 aliphatic rings. The average Bonchev–Trinajstić information content (AvgIpc) is 3.28. The van der Waals surface area contributed by atoms with Gasteiger partial charge in [0.05, 0.1) is 24.0 Å². The van der Waals surface area contributed by atoms with Gasteiger partial charge in [0.1, 0.15) is 17.2 Å². The Kier molecular flexibility index (Phi) is 6.65. The highest BCUT2D eigenvalue weighted by atomic mass is 19.2. The quantitative estimate of drug-likeness (QED) is 0.440. The van der Waals surface area contributed by atoms with Crippen molar-refractivity contribution in [1.82, 2.24) is 24.8 Å². The van der Waals surface area contributed by atoms with Crippen LogP contribution in [0.4, 0.5) is 24.2 Å². The van der Waals surface area contributed by atoms with E-state index in [4.69, 9.17) is 4.74 Å². The SMILES string of the molecule is CC(O)c1cnc2n1C[C@H](c1cccc(F)c1F)CC[C@H]2NC(=O)N1CCC2(CC1)OC(=O)Nc1ncccc12. The van der Waals surface area contributed by atoms with E-state index >= 15 is 0 Å². The summed E-state index contributed by atoms with van der Waals surface area (Å²) in [6.07, 6.45) is 3.52. The smallest absolute Gasteiger partial charge is 0.413 e. The summed E-state index contributed by atoms with van der Waals surface area (Å²) in [6.45, 7) is 2.61. The molecule has 2 aromatic heterocycles. The van der Waals surface area contributed by atoms with Gasteiger partial charge in [-0.1, -0.05) is 12.1 Å². The summed E-state index contributed by atoms with van der Waals surface area (Å²) < 4.78 is 36.3. The minimum absolute atomic E-state index is 0.260. The number of ether oxygens (including phenoxy) is 1. The van der Waals surface area contributed by atoms with Gasteiger partial charge < -0.3 is 24.6 Å². The third kappa shape index (κ3) is 4.55. The van der Waals surface area contributed by atoms with Crippen molar-refractivity contribution in [3.8, 4) is 0 Å². The van der Waals surface area contributed by atoms with Gasteiger partial charge in [-0.2, -0.15) is 0 Å². The Balaban J connectivity index is 1.20. The van der Waals surface area contributed by atoms with E-state index in [1.54, 1.807) is 40.9 Å². The van der Waals surface area contributed by atoms with Crippen LogP contribution in [0.15, 0.2) is 42.7 Å². The fourth-order valence-electron chi connectivity index (χ4n) is 6.16. The average molecular weight is 553 g/mol. The third-order valence-corrected chi connectivity index (χ3v) is 8.25. The number of hydrogen-bond acceptors (Lipinski definition) is 6. The van der Waals surface area contributed by atoms with E-state index < -0.39 is 35.5 Å². The second-order valence-electron chi connectivity index (χ2n) is 10.6. The van der Waals surface area contributed by atoms with Crippen molar-refractivity contribution in [3.05, 3.63) is 77.0 Å². The number of rotatable bonds is 3. The maximum Gasteiger partial charge on any atom is 0.413 e. The van der Waals surface area contributed by atoms with Crippen molar-refractivity contribution in [2.75, 3.05) is 18.4 Å². The number of piperidine rings is 1. The number of imidazole rings is 1. The Bertz CT molecular complexity index is 1450. The Morgan fingerprint density at radius 1 is 1.20 bits per heavy atom. The fourth-order valence-corrected chi connectivity index (χ4v) is 6.16. The van der Waals surface area contributed by atoms with Crippen molar-refractivity contribution in [3.63, 3.8) is 0 Å². The van der Waals surface area contributed by atoms with Gasteiger partial charge >= 0.3 is 12.1 Å². The Labute approximate surface area is 229 Å².